The lowest BCUT2D eigenvalue weighted by atomic mass is 10.1. The number of nitrogens with zero attached hydrogens (tertiary/aromatic N) is 2. The van der Waals surface area contributed by atoms with Gasteiger partial charge in [0.15, 0.2) is 0 Å². The number of benzene rings is 2. The molecule has 2 N–H and O–H groups in total. The number of carbonyl (C=O) groups excluding carboxylic acids is 1. The Morgan fingerprint density at radius 1 is 1.10 bits per heavy atom. The molecule has 3 heterocycles. The normalized spacial score (nSPS) is 11.3. The van der Waals surface area contributed by atoms with Gasteiger partial charge < -0.3 is 9.73 Å². The first-order valence-electron chi connectivity index (χ1n) is 9.93. The first-order valence-corrected chi connectivity index (χ1v) is 9.93. The van der Waals surface area contributed by atoms with Crippen molar-refractivity contribution in [3.8, 4) is 5.69 Å². The molecule has 0 spiro atoms. The van der Waals surface area contributed by atoms with E-state index in [0.717, 1.165) is 16.8 Å². The average Bonchev–Trinajstić information content (AvgIpc) is 3.42. The molecule has 1 amide bonds. The molecule has 0 fully saturated rings. The van der Waals surface area contributed by atoms with Crippen molar-refractivity contribution in [2.24, 2.45) is 0 Å². The zero-order chi connectivity index (χ0) is 21.5. The van der Waals surface area contributed by atoms with Crippen molar-refractivity contribution in [2.45, 2.75) is 20.4 Å². The van der Waals surface area contributed by atoms with Crippen LogP contribution in [-0.2, 0) is 6.54 Å². The largest absolute Gasteiger partial charge is 0.467 e. The maximum absolute atomic E-state index is 13.0. The number of fused-ring (bicyclic) bond motifs is 3. The summed E-state index contributed by atoms with van der Waals surface area (Å²) in [6, 6.07) is 14.7. The molecule has 0 aliphatic carbocycles. The Morgan fingerprint density at radius 2 is 1.97 bits per heavy atom. The van der Waals surface area contributed by atoms with Crippen LogP contribution in [0.2, 0.25) is 0 Å². The monoisotopic (exact) mass is 412 g/mol. The summed E-state index contributed by atoms with van der Waals surface area (Å²) in [4.78, 5) is 30.1. The number of aromatic amines is 1. The Kier molecular flexibility index (Phi) is 4.43. The summed E-state index contributed by atoms with van der Waals surface area (Å²) in [5, 5.41) is 7.23. The molecule has 0 aliphatic rings. The quantitative estimate of drug-likeness (QED) is 0.467. The van der Waals surface area contributed by atoms with Crippen molar-refractivity contribution in [1.82, 2.24) is 20.1 Å². The van der Waals surface area contributed by atoms with Gasteiger partial charge in [-0.3, -0.25) is 19.7 Å². The zero-order valence-corrected chi connectivity index (χ0v) is 17.1. The molecule has 0 bridgehead atoms. The summed E-state index contributed by atoms with van der Waals surface area (Å²) in [5.74, 6) is 0.444. The summed E-state index contributed by atoms with van der Waals surface area (Å²) < 4.78 is 6.77. The van der Waals surface area contributed by atoms with Gasteiger partial charge in [-0.15, -0.1) is 0 Å². The predicted molar refractivity (Wildman–Crippen MR) is 119 cm³/mol. The third-order valence-corrected chi connectivity index (χ3v) is 5.54. The van der Waals surface area contributed by atoms with Crippen LogP contribution in [0.25, 0.3) is 27.5 Å². The van der Waals surface area contributed by atoms with Gasteiger partial charge in [-0.05, 0) is 67.4 Å². The summed E-state index contributed by atoms with van der Waals surface area (Å²) in [6.07, 6.45) is 3.14. The standard InChI is InChI=1S/C24H20N4O3/c1-14-5-7-17(10-15(14)2)28-24(30)20-13-25-21-8-6-16(11-19(21)22(20)27-28)23(29)26-12-18-4-3-9-31-18/h3-11,13,27H,12H2,1-2H3,(H,26,29). The van der Waals surface area contributed by atoms with Crippen LogP contribution in [-0.4, -0.2) is 20.7 Å². The van der Waals surface area contributed by atoms with E-state index in [1.807, 2.05) is 32.0 Å². The minimum absolute atomic E-state index is 0.180. The van der Waals surface area contributed by atoms with E-state index in [1.54, 1.807) is 42.8 Å². The smallest absolute Gasteiger partial charge is 0.280 e. The molecule has 0 atom stereocenters. The summed E-state index contributed by atoms with van der Waals surface area (Å²) in [6.45, 7) is 4.34. The minimum Gasteiger partial charge on any atom is -0.467 e. The van der Waals surface area contributed by atoms with E-state index in [2.05, 4.69) is 15.4 Å². The molecule has 7 nitrogen and oxygen atoms in total. The molecule has 2 aromatic carbocycles. The molecule has 31 heavy (non-hydrogen) atoms. The second kappa shape index (κ2) is 7.28. The molecule has 0 saturated heterocycles. The number of hydrogen-bond acceptors (Lipinski definition) is 4. The van der Waals surface area contributed by atoms with E-state index < -0.39 is 0 Å². The summed E-state index contributed by atoms with van der Waals surface area (Å²) >= 11 is 0. The van der Waals surface area contributed by atoms with Crippen LogP contribution >= 0.6 is 0 Å². The first-order chi connectivity index (χ1) is 15.0. The number of rotatable bonds is 4. The van der Waals surface area contributed by atoms with Gasteiger partial charge in [-0.25, -0.2) is 4.68 Å². The van der Waals surface area contributed by atoms with Gasteiger partial charge in [0.1, 0.15) is 5.76 Å². The van der Waals surface area contributed by atoms with Gasteiger partial charge in [-0.1, -0.05) is 6.07 Å². The fourth-order valence-corrected chi connectivity index (χ4v) is 3.63. The molecule has 7 heteroatoms. The van der Waals surface area contributed by atoms with Crippen molar-refractivity contribution in [3.63, 3.8) is 0 Å². The van der Waals surface area contributed by atoms with Crippen molar-refractivity contribution in [3.05, 3.63) is 93.8 Å². The number of amides is 1. The van der Waals surface area contributed by atoms with Gasteiger partial charge in [-0.2, -0.15) is 0 Å². The molecule has 5 rings (SSSR count). The van der Waals surface area contributed by atoms with E-state index in [9.17, 15) is 9.59 Å². The van der Waals surface area contributed by atoms with Crippen LogP contribution < -0.4 is 10.9 Å². The molecule has 0 aliphatic heterocycles. The second-order valence-corrected chi connectivity index (χ2v) is 7.56. The number of H-pyrrole nitrogens is 1. The van der Waals surface area contributed by atoms with E-state index in [-0.39, 0.29) is 11.5 Å². The Hall–Kier alpha value is -4.13. The minimum atomic E-state index is -0.230. The van der Waals surface area contributed by atoms with Crippen molar-refractivity contribution in [2.75, 3.05) is 0 Å². The van der Waals surface area contributed by atoms with Gasteiger partial charge in [0.25, 0.3) is 11.5 Å². The molecule has 0 unspecified atom stereocenters. The highest BCUT2D eigenvalue weighted by atomic mass is 16.3. The highest BCUT2D eigenvalue weighted by Gasteiger charge is 2.14. The van der Waals surface area contributed by atoms with E-state index >= 15 is 0 Å². The van der Waals surface area contributed by atoms with Crippen LogP contribution in [0, 0.1) is 13.8 Å². The van der Waals surface area contributed by atoms with Gasteiger partial charge >= 0.3 is 0 Å². The van der Waals surface area contributed by atoms with Crippen LogP contribution in [0.1, 0.15) is 27.2 Å². The maximum Gasteiger partial charge on any atom is 0.280 e. The predicted octanol–water partition coefficient (Wildman–Crippen LogP) is 4.01. The third kappa shape index (κ3) is 3.30. The molecule has 0 saturated carbocycles. The first kappa shape index (κ1) is 18.9. The molecular weight excluding hydrogens is 392 g/mol. The Labute approximate surface area is 177 Å². The SMILES string of the molecule is Cc1ccc(-n2[nH]c3c(cnc4ccc(C(=O)NCc5ccco5)cc43)c2=O)cc1C. The highest BCUT2D eigenvalue weighted by Crippen LogP contribution is 2.23. The van der Waals surface area contributed by atoms with Crippen molar-refractivity contribution >= 4 is 27.7 Å². The topological polar surface area (TPSA) is 92.9 Å². The number of hydrogen-bond donors (Lipinski definition) is 2. The Balaban J connectivity index is 1.58. The van der Waals surface area contributed by atoms with Gasteiger partial charge in [0.2, 0.25) is 0 Å². The van der Waals surface area contributed by atoms with E-state index in [0.29, 0.717) is 39.7 Å². The lowest BCUT2D eigenvalue weighted by Gasteiger charge is -2.06. The fourth-order valence-electron chi connectivity index (χ4n) is 3.63. The van der Waals surface area contributed by atoms with E-state index in [1.165, 1.54) is 4.68 Å². The molecule has 5 aromatic rings. The molecule has 0 radical (unpaired) electrons. The third-order valence-electron chi connectivity index (χ3n) is 5.54. The van der Waals surface area contributed by atoms with Gasteiger partial charge in [0.05, 0.1) is 34.9 Å². The Morgan fingerprint density at radius 3 is 2.74 bits per heavy atom. The molecule has 154 valence electrons. The fraction of sp³-hybridized carbons (Fsp3) is 0.125. The molecule has 3 aromatic heterocycles. The second-order valence-electron chi connectivity index (χ2n) is 7.56. The number of pyridine rings is 1. The molecular formula is C24H20N4O3. The zero-order valence-electron chi connectivity index (χ0n) is 17.1. The Bertz CT molecular complexity index is 1490. The van der Waals surface area contributed by atoms with Crippen molar-refractivity contribution < 1.29 is 9.21 Å². The number of aryl methyl sites for hydroxylation is 2. The number of carbonyl (C=O) groups is 1. The van der Waals surface area contributed by atoms with Gasteiger partial charge in [0, 0.05) is 17.1 Å². The summed E-state index contributed by atoms with van der Waals surface area (Å²) in [7, 11) is 0. The number of nitrogens with one attached hydrogen (secondary N) is 2. The number of furan rings is 1. The lowest BCUT2D eigenvalue weighted by Crippen LogP contribution is -2.22. The number of aromatic nitrogens is 3. The van der Waals surface area contributed by atoms with Crippen LogP contribution in [0.15, 0.2) is 70.2 Å². The van der Waals surface area contributed by atoms with Crippen molar-refractivity contribution in [1.29, 1.82) is 0 Å². The lowest BCUT2D eigenvalue weighted by molar-refractivity contribution is 0.0948. The average molecular weight is 412 g/mol. The van der Waals surface area contributed by atoms with E-state index in [4.69, 9.17) is 4.42 Å². The van der Waals surface area contributed by atoms with Crippen LogP contribution in [0.5, 0.6) is 0 Å². The maximum atomic E-state index is 13.0. The summed E-state index contributed by atoms with van der Waals surface area (Å²) in [5.41, 5.74) is 4.66. The highest BCUT2D eigenvalue weighted by molar-refractivity contribution is 6.06. The van der Waals surface area contributed by atoms with Crippen LogP contribution in [0.3, 0.4) is 0 Å². The van der Waals surface area contributed by atoms with Crippen LogP contribution in [0.4, 0.5) is 0 Å².